The van der Waals surface area contributed by atoms with Gasteiger partial charge in [-0.3, -0.25) is 0 Å². The minimum absolute atomic E-state index is 0.198. The van der Waals surface area contributed by atoms with Gasteiger partial charge in [-0.15, -0.1) is 11.6 Å². The molecule has 0 amide bonds. The Bertz CT molecular complexity index is 774. The van der Waals surface area contributed by atoms with Crippen molar-refractivity contribution in [2.75, 3.05) is 0 Å². The van der Waals surface area contributed by atoms with Crippen molar-refractivity contribution in [2.45, 2.75) is 18.7 Å². The number of hydrogen-bond acceptors (Lipinski definition) is 0. The highest BCUT2D eigenvalue weighted by Crippen LogP contribution is 2.29. The number of benzene rings is 3. The van der Waals surface area contributed by atoms with Gasteiger partial charge in [0.15, 0.2) is 0 Å². The molecule has 0 N–H and O–H groups in total. The van der Waals surface area contributed by atoms with E-state index in [0.717, 1.165) is 5.56 Å². The lowest BCUT2D eigenvalue weighted by Crippen LogP contribution is -1.98. The normalized spacial score (nSPS) is 12.5. The highest BCUT2D eigenvalue weighted by Gasteiger charge is 2.12. The van der Waals surface area contributed by atoms with Crippen molar-refractivity contribution in [2.24, 2.45) is 0 Å². The van der Waals surface area contributed by atoms with Crippen LogP contribution in [0.2, 0.25) is 0 Å². The SMILES string of the molecule is Cc1ccc(C(Cl)Cc2cccc3ccccc23)cc1F. The molecule has 2 heteroatoms. The third kappa shape index (κ3) is 2.93. The Morgan fingerprint density at radius 3 is 2.57 bits per heavy atom. The highest BCUT2D eigenvalue weighted by molar-refractivity contribution is 6.21. The number of hydrogen-bond donors (Lipinski definition) is 0. The number of halogens is 2. The first-order chi connectivity index (χ1) is 10.1. The van der Waals surface area contributed by atoms with Crippen molar-refractivity contribution in [3.8, 4) is 0 Å². The van der Waals surface area contributed by atoms with Gasteiger partial charge in [0.25, 0.3) is 0 Å². The van der Waals surface area contributed by atoms with Crippen LogP contribution in [0.5, 0.6) is 0 Å². The second-order valence-electron chi connectivity index (χ2n) is 5.32. The van der Waals surface area contributed by atoms with E-state index in [2.05, 4.69) is 24.3 Å². The van der Waals surface area contributed by atoms with E-state index in [-0.39, 0.29) is 11.2 Å². The maximum absolute atomic E-state index is 13.7. The number of alkyl halides is 1. The molecule has 0 saturated heterocycles. The summed E-state index contributed by atoms with van der Waals surface area (Å²) in [6, 6.07) is 19.7. The zero-order valence-corrected chi connectivity index (χ0v) is 12.6. The molecule has 0 aliphatic rings. The standard InChI is InChI=1S/C19H16ClF/c1-13-9-10-16(12-19(13)21)18(20)11-15-7-4-6-14-5-2-3-8-17(14)15/h2-10,12,18H,11H2,1H3. The van der Waals surface area contributed by atoms with Crippen molar-refractivity contribution >= 4 is 22.4 Å². The van der Waals surface area contributed by atoms with Crippen molar-refractivity contribution in [3.05, 3.63) is 83.2 Å². The van der Waals surface area contributed by atoms with E-state index >= 15 is 0 Å². The van der Waals surface area contributed by atoms with Crippen LogP contribution in [0.15, 0.2) is 60.7 Å². The monoisotopic (exact) mass is 298 g/mol. The lowest BCUT2D eigenvalue weighted by atomic mass is 9.98. The van der Waals surface area contributed by atoms with Crippen LogP contribution in [-0.4, -0.2) is 0 Å². The maximum Gasteiger partial charge on any atom is 0.126 e. The van der Waals surface area contributed by atoms with Crippen molar-refractivity contribution < 1.29 is 4.39 Å². The maximum atomic E-state index is 13.7. The van der Waals surface area contributed by atoms with Gasteiger partial charge in [-0.2, -0.15) is 0 Å². The minimum Gasteiger partial charge on any atom is -0.207 e. The summed E-state index contributed by atoms with van der Waals surface area (Å²) in [4.78, 5) is 0. The summed E-state index contributed by atoms with van der Waals surface area (Å²) in [6.07, 6.45) is 0.686. The fourth-order valence-corrected chi connectivity index (χ4v) is 2.89. The zero-order valence-electron chi connectivity index (χ0n) is 11.8. The number of fused-ring (bicyclic) bond motifs is 1. The van der Waals surface area contributed by atoms with Crippen LogP contribution >= 0.6 is 11.6 Å². The van der Waals surface area contributed by atoms with E-state index in [1.807, 2.05) is 24.3 Å². The summed E-state index contributed by atoms with van der Waals surface area (Å²) in [6.45, 7) is 1.76. The number of rotatable bonds is 3. The van der Waals surface area contributed by atoms with Gasteiger partial charge >= 0.3 is 0 Å². The first kappa shape index (κ1) is 14.1. The average Bonchev–Trinajstić information content (AvgIpc) is 2.50. The van der Waals surface area contributed by atoms with Crippen molar-refractivity contribution in [1.29, 1.82) is 0 Å². The highest BCUT2D eigenvalue weighted by atomic mass is 35.5. The van der Waals surface area contributed by atoms with E-state index in [9.17, 15) is 4.39 Å². The zero-order chi connectivity index (χ0) is 14.8. The molecule has 0 heterocycles. The molecular weight excluding hydrogens is 283 g/mol. The van der Waals surface area contributed by atoms with E-state index in [4.69, 9.17) is 11.6 Å². The molecular formula is C19H16ClF. The molecule has 0 radical (unpaired) electrons. The second kappa shape index (κ2) is 5.87. The summed E-state index contributed by atoms with van der Waals surface area (Å²) >= 11 is 6.50. The molecule has 0 bridgehead atoms. The average molecular weight is 299 g/mol. The van der Waals surface area contributed by atoms with Gasteiger partial charge < -0.3 is 0 Å². The number of aryl methyl sites for hydroxylation is 1. The van der Waals surface area contributed by atoms with Gasteiger partial charge in [0.05, 0.1) is 5.38 Å². The Hall–Kier alpha value is -1.86. The third-order valence-corrected chi connectivity index (χ3v) is 4.24. The van der Waals surface area contributed by atoms with Gasteiger partial charge in [0.1, 0.15) is 5.82 Å². The molecule has 21 heavy (non-hydrogen) atoms. The van der Waals surface area contributed by atoms with E-state index in [0.29, 0.717) is 12.0 Å². The quantitative estimate of drug-likeness (QED) is 0.535. The first-order valence-corrected chi connectivity index (χ1v) is 7.45. The van der Waals surface area contributed by atoms with Gasteiger partial charge in [-0.1, -0.05) is 54.6 Å². The van der Waals surface area contributed by atoms with Gasteiger partial charge in [0, 0.05) is 0 Å². The Balaban J connectivity index is 1.92. The predicted molar refractivity (Wildman–Crippen MR) is 87.4 cm³/mol. The van der Waals surface area contributed by atoms with Gasteiger partial charge in [0.2, 0.25) is 0 Å². The molecule has 0 aliphatic heterocycles. The predicted octanol–water partition coefficient (Wildman–Crippen LogP) is 5.81. The molecule has 3 aromatic carbocycles. The summed E-state index contributed by atoms with van der Waals surface area (Å²) in [7, 11) is 0. The molecule has 0 saturated carbocycles. The van der Waals surface area contributed by atoms with E-state index in [1.165, 1.54) is 22.4 Å². The molecule has 0 spiro atoms. The van der Waals surface area contributed by atoms with Crippen LogP contribution in [0.3, 0.4) is 0 Å². The van der Waals surface area contributed by atoms with Crippen molar-refractivity contribution in [1.82, 2.24) is 0 Å². The summed E-state index contributed by atoms with van der Waals surface area (Å²) in [5, 5.41) is 2.18. The largest absolute Gasteiger partial charge is 0.207 e. The molecule has 0 nitrogen and oxygen atoms in total. The second-order valence-corrected chi connectivity index (χ2v) is 5.85. The van der Waals surface area contributed by atoms with Crippen LogP contribution in [0.4, 0.5) is 4.39 Å². The van der Waals surface area contributed by atoms with Crippen LogP contribution in [0.25, 0.3) is 10.8 Å². The molecule has 106 valence electrons. The summed E-state index contributed by atoms with van der Waals surface area (Å²) < 4.78 is 13.7. The fourth-order valence-electron chi connectivity index (χ4n) is 2.59. The third-order valence-electron chi connectivity index (χ3n) is 3.84. The van der Waals surface area contributed by atoms with Gasteiger partial charge in [-0.25, -0.2) is 4.39 Å². The fraction of sp³-hybridized carbons (Fsp3) is 0.158. The molecule has 1 unspecified atom stereocenters. The Morgan fingerprint density at radius 2 is 1.76 bits per heavy atom. The molecule has 3 rings (SSSR count). The van der Waals surface area contributed by atoms with Crippen molar-refractivity contribution in [3.63, 3.8) is 0 Å². The molecule has 3 aromatic rings. The Labute approximate surface area is 129 Å². The molecule has 0 fully saturated rings. The summed E-state index contributed by atoms with van der Waals surface area (Å²) in [5.74, 6) is -0.198. The Kier molecular flexibility index (Phi) is 3.94. The van der Waals surface area contributed by atoms with Crippen LogP contribution in [0, 0.1) is 12.7 Å². The van der Waals surface area contributed by atoms with E-state index < -0.39 is 0 Å². The van der Waals surface area contributed by atoms with E-state index in [1.54, 1.807) is 13.0 Å². The van der Waals surface area contributed by atoms with Crippen LogP contribution in [-0.2, 0) is 6.42 Å². The van der Waals surface area contributed by atoms with Gasteiger partial charge in [-0.05, 0) is 46.9 Å². The van der Waals surface area contributed by atoms with Crippen LogP contribution < -0.4 is 0 Å². The molecule has 0 aromatic heterocycles. The lowest BCUT2D eigenvalue weighted by molar-refractivity contribution is 0.615. The lowest BCUT2D eigenvalue weighted by Gasteiger charge is -2.13. The smallest absolute Gasteiger partial charge is 0.126 e. The van der Waals surface area contributed by atoms with Crippen LogP contribution in [0.1, 0.15) is 22.1 Å². The topological polar surface area (TPSA) is 0 Å². The molecule has 0 aliphatic carbocycles. The Morgan fingerprint density at radius 1 is 1.00 bits per heavy atom. The summed E-state index contributed by atoms with van der Waals surface area (Å²) in [5.41, 5.74) is 2.66. The first-order valence-electron chi connectivity index (χ1n) is 7.02. The molecule has 1 atom stereocenters. The minimum atomic E-state index is -0.231.